The van der Waals surface area contributed by atoms with Gasteiger partial charge in [0.2, 0.25) is 0 Å². The quantitative estimate of drug-likeness (QED) is 0.322. The molecule has 0 atom stereocenters. The van der Waals surface area contributed by atoms with Gasteiger partial charge in [0.25, 0.3) is 0 Å². The Balaban J connectivity index is 1.52. The number of pyridine rings is 1. The summed E-state index contributed by atoms with van der Waals surface area (Å²) >= 11 is 0. The molecule has 1 aromatic carbocycles. The highest BCUT2D eigenvalue weighted by Crippen LogP contribution is 2.16. The van der Waals surface area contributed by atoms with Crippen molar-refractivity contribution < 1.29 is 4.74 Å². The zero-order chi connectivity index (χ0) is 19.0. The van der Waals surface area contributed by atoms with Crippen LogP contribution in [-0.2, 0) is 0 Å². The van der Waals surface area contributed by atoms with Crippen LogP contribution in [0.2, 0.25) is 0 Å². The van der Waals surface area contributed by atoms with Crippen LogP contribution in [0.25, 0.3) is 12.2 Å². The van der Waals surface area contributed by atoms with Crippen molar-refractivity contribution in [2.24, 2.45) is 0 Å². The standard InChI is InChI=1S/C25H35NO/c1-2-3-4-5-6-7-8-9-10-11-22-27-25-16-14-23(15-17-25)12-13-24-18-20-26-21-19-24/h12-21H,2-11,22H2,1H3/b13-12+. The zero-order valence-corrected chi connectivity index (χ0v) is 16.9. The van der Waals surface area contributed by atoms with Gasteiger partial charge in [-0.25, -0.2) is 0 Å². The van der Waals surface area contributed by atoms with Crippen LogP contribution in [0.1, 0.15) is 82.3 Å². The molecule has 0 unspecified atom stereocenters. The maximum atomic E-state index is 5.86. The molecule has 0 aliphatic carbocycles. The maximum absolute atomic E-state index is 5.86. The van der Waals surface area contributed by atoms with Gasteiger partial charge >= 0.3 is 0 Å². The molecule has 0 aliphatic rings. The Labute approximate surface area is 165 Å². The first-order valence-electron chi connectivity index (χ1n) is 10.7. The first-order valence-corrected chi connectivity index (χ1v) is 10.7. The molecule has 0 N–H and O–H groups in total. The molecular formula is C25H35NO. The van der Waals surface area contributed by atoms with Crippen LogP contribution < -0.4 is 4.74 Å². The lowest BCUT2D eigenvalue weighted by molar-refractivity contribution is 0.304. The molecule has 27 heavy (non-hydrogen) atoms. The van der Waals surface area contributed by atoms with Crippen LogP contribution >= 0.6 is 0 Å². The predicted molar refractivity (Wildman–Crippen MR) is 117 cm³/mol. The molecule has 146 valence electrons. The number of hydrogen-bond donors (Lipinski definition) is 0. The third-order valence-corrected chi connectivity index (χ3v) is 4.82. The van der Waals surface area contributed by atoms with Crippen molar-refractivity contribution in [3.63, 3.8) is 0 Å². The number of unbranched alkanes of at least 4 members (excludes halogenated alkanes) is 9. The molecule has 0 aliphatic heterocycles. The Kier molecular flexibility index (Phi) is 11.0. The van der Waals surface area contributed by atoms with Gasteiger partial charge in [-0.15, -0.1) is 0 Å². The third-order valence-electron chi connectivity index (χ3n) is 4.82. The average Bonchev–Trinajstić information content (AvgIpc) is 2.72. The van der Waals surface area contributed by atoms with Crippen molar-refractivity contribution in [3.8, 4) is 5.75 Å². The SMILES string of the molecule is CCCCCCCCCCCCOc1ccc(/C=C/c2ccncc2)cc1. The third kappa shape index (κ3) is 9.98. The van der Waals surface area contributed by atoms with Crippen LogP contribution in [-0.4, -0.2) is 11.6 Å². The highest BCUT2D eigenvalue weighted by atomic mass is 16.5. The molecule has 0 saturated heterocycles. The van der Waals surface area contributed by atoms with Crippen LogP contribution in [0.15, 0.2) is 48.8 Å². The van der Waals surface area contributed by atoms with Crippen LogP contribution in [0, 0.1) is 0 Å². The second-order valence-corrected chi connectivity index (χ2v) is 7.21. The summed E-state index contributed by atoms with van der Waals surface area (Å²) in [5, 5.41) is 0. The van der Waals surface area contributed by atoms with Crippen molar-refractivity contribution in [3.05, 3.63) is 59.9 Å². The lowest BCUT2D eigenvalue weighted by Crippen LogP contribution is -1.97. The lowest BCUT2D eigenvalue weighted by atomic mass is 10.1. The molecule has 1 aromatic heterocycles. The van der Waals surface area contributed by atoms with Crippen LogP contribution in [0.5, 0.6) is 5.75 Å². The van der Waals surface area contributed by atoms with Crippen molar-refractivity contribution in [2.75, 3.05) is 6.61 Å². The Morgan fingerprint density at radius 3 is 1.78 bits per heavy atom. The number of hydrogen-bond acceptors (Lipinski definition) is 2. The highest BCUT2D eigenvalue weighted by molar-refractivity contribution is 5.69. The molecule has 2 nitrogen and oxygen atoms in total. The normalized spacial score (nSPS) is 11.1. The van der Waals surface area contributed by atoms with Gasteiger partial charge in [0.05, 0.1) is 6.61 Å². The van der Waals surface area contributed by atoms with Gasteiger partial charge in [-0.2, -0.15) is 0 Å². The average molecular weight is 366 g/mol. The molecule has 2 rings (SSSR count). The number of benzene rings is 1. The summed E-state index contributed by atoms with van der Waals surface area (Å²) in [5.74, 6) is 0.965. The molecule has 2 aromatic rings. The van der Waals surface area contributed by atoms with E-state index in [4.69, 9.17) is 4.74 Å². The van der Waals surface area contributed by atoms with Gasteiger partial charge < -0.3 is 4.74 Å². The summed E-state index contributed by atoms with van der Waals surface area (Å²) < 4.78 is 5.86. The minimum absolute atomic E-state index is 0.822. The molecule has 0 saturated carbocycles. The van der Waals surface area contributed by atoms with E-state index in [0.29, 0.717) is 0 Å². The van der Waals surface area contributed by atoms with E-state index in [-0.39, 0.29) is 0 Å². The first kappa shape index (κ1) is 21.2. The van der Waals surface area contributed by atoms with E-state index in [1.807, 2.05) is 24.5 Å². The van der Waals surface area contributed by atoms with Gasteiger partial charge in [-0.05, 0) is 41.8 Å². The number of ether oxygens (including phenoxy) is 1. The van der Waals surface area contributed by atoms with Crippen molar-refractivity contribution in [1.29, 1.82) is 0 Å². The monoisotopic (exact) mass is 365 g/mol. The molecule has 0 amide bonds. The fraction of sp³-hybridized carbons (Fsp3) is 0.480. The van der Waals surface area contributed by atoms with Crippen LogP contribution in [0.3, 0.4) is 0 Å². The second-order valence-electron chi connectivity index (χ2n) is 7.21. The molecule has 0 radical (unpaired) electrons. The summed E-state index contributed by atoms with van der Waals surface area (Å²) in [4.78, 5) is 4.03. The fourth-order valence-corrected chi connectivity index (χ4v) is 3.12. The van der Waals surface area contributed by atoms with Crippen molar-refractivity contribution in [1.82, 2.24) is 4.98 Å². The van der Waals surface area contributed by atoms with Gasteiger partial charge in [0.15, 0.2) is 0 Å². The Morgan fingerprint density at radius 2 is 1.19 bits per heavy atom. The molecule has 0 fully saturated rings. The highest BCUT2D eigenvalue weighted by Gasteiger charge is 1.96. The smallest absolute Gasteiger partial charge is 0.119 e. The summed E-state index contributed by atoms with van der Waals surface area (Å²) in [6, 6.07) is 12.3. The van der Waals surface area contributed by atoms with Gasteiger partial charge in [0.1, 0.15) is 5.75 Å². The van der Waals surface area contributed by atoms with Crippen LogP contribution in [0.4, 0.5) is 0 Å². The van der Waals surface area contributed by atoms with E-state index in [9.17, 15) is 0 Å². The largest absolute Gasteiger partial charge is 0.494 e. The molecule has 0 bridgehead atoms. The summed E-state index contributed by atoms with van der Waals surface area (Å²) in [7, 11) is 0. The topological polar surface area (TPSA) is 22.1 Å². The summed E-state index contributed by atoms with van der Waals surface area (Å²) in [5.41, 5.74) is 2.34. The Morgan fingerprint density at radius 1 is 0.667 bits per heavy atom. The first-order chi connectivity index (χ1) is 13.4. The molecular weight excluding hydrogens is 330 g/mol. The van der Waals surface area contributed by atoms with E-state index >= 15 is 0 Å². The Bertz CT molecular complexity index is 619. The molecule has 1 heterocycles. The van der Waals surface area contributed by atoms with Crippen molar-refractivity contribution >= 4 is 12.2 Å². The predicted octanol–water partition coefficient (Wildman–Crippen LogP) is 7.55. The van der Waals surface area contributed by atoms with Crippen molar-refractivity contribution in [2.45, 2.75) is 71.1 Å². The molecule has 2 heteroatoms. The zero-order valence-electron chi connectivity index (χ0n) is 16.9. The van der Waals surface area contributed by atoms with E-state index in [1.165, 1.54) is 63.4 Å². The van der Waals surface area contributed by atoms with E-state index in [0.717, 1.165) is 24.3 Å². The minimum atomic E-state index is 0.822. The summed E-state index contributed by atoms with van der Waals surface area (Å²) in [6.45, 7) is 3.10. The van der Waals surface area contributed by atoms with Gasteiger partial charge in [-0.3, -0.25) is 4.98 Å². The molecule has 0 spiro atoms. The lowest BCUT2D eigenvalue weighted by Gasteiger charge is -2.06. The number of nitrogens with zero attached hydrogens (tertiary/aromatic N) is 1. The Hall–Kier alpha value is -2.09. The summed E-state index contributed by atoms with van der Waals surface area (Å²) in [6.07, 6.45) is 21.4. The van der Waals surface area contributed by atoms with E-state index in [2.05, 4.69) is 48.3 Å². The minimum Gasteiger partial charge on any atom is -0.494 e. The van der Waals surface area contributed by atoms with Gasteiger partial charge in [0, 0.05) is 12.4 Å². The fourth-order valence-electron chi connectivity index (χ4n) is 3.12. The second kappa shape index (κ2) is 14.0. The van der Waals surface area contributed by atoms with E-state index in [1.54, 1.807) is 0 Å². The maximum Gasteiger partial charge on any atom is 0.119 e. The van der Waals surface area contributed by atoms with E-state index < -0.39 is 0 Å². The number of rotatable bonds is 14. The van der Waals surface area contributed by atoms with Gasteiger partial charge in [-0.1, -0.05) is 89.0 Å². The number of aromatic nitrogens is 1.